The standard InChI is InChI=1S/C24H41N3O2.C14H14O.C2H6/c1-17(2)14-20(22(29)25-15-21(28)26-24(6,7)8)27(9)16-18-10-12-19(13-11-18)23(3,4)5;1-12-7-9-14(10-8-12)15-11-13-5-3-2-4-6-13;1-2/h10-13,17,20H,14-16H2,1-9H3,(H,25,29)(H,26,28);2-10H,11H2,1H3;1-2H3/t20-;;/m0../s1. The van der Waals surface area contributed by atoms with Crippen LogP contribution < -0.4 is 15.4 Å². The topological polar surface area (TPSA) is 70.7 Å². The summed E-state index contributed by atoms with van der Waals surface area (Å²) in [6.07, 6.45) is 0.739. The lowest BCUT2D eigenvalue weighted by atomic mass is 9.86. The Kier molecular flexibility index (Phi) is 17.4. The van der Waals surface area contributed by atoms with Gasteiger partial charge in [0.25, 0.3) is 0 Å². The zero-order chi connectivity index (χ0) is 34.9. The van der Waals surface area contributed by atoms with E-state index in [0.29, 0.717) is 19.1 Å². The van der Waals surface area contributed by atoms with Gasteiger partial charge in [-0.15, -0.1) is 0 Å². The summed E-state index contributed by atoms with van der Waals surface area (Å²) in [7, 11) is 1.97. The fraction of sp³-hybridized carbons (Fsp3) is 0.500. The van der Waals surface area contributed by atoms with Crippen molar-refractivity contribution < 1.29 is 14.3 Å². The maximum Gasteiger partial charge on any atom is 0.239 e. The number of aryl methyl sites for hydroxylation is 1. The van der Waals surface area contributed by atoms with Gasteiger partial charge in [0, 0.05) is 12.1 Å². The number of hydrogen-bond donors (Lipinski definition) is 2. The second kappa shape index (κ2) is 19.8. The Morgan fingerprint density at radius 1 is 0.804 bits per heavy atom. The molecule has 254 valence electrons. The van der Waals surface area contributed by atoms with E-state index in [-0.39, 0.29) is 35.4 Å². The summed E-state index contributed by atoms with van der Waals surface area (Å²) >= 11 is 0. The number of carbonyl (C=O) groups is 2. The molecule has 2 N–H and O–H groups in total. The van der Waals surface area contributed by atoms with E-state index in [0.717, 1.165) is 12.2 Å². The molecule has 0 aliphatic carbocycles. The molecule has 6 nitrogen and oxygen atoms in total. The van der Waals surface area contributed by atoms with Crippen molar-refractivity contribution in [3.05, 3.63) is 101 Å². The Morgan fingerprint density at radius 3 is 1.87 bits per heavy atom. The van der Waals surface area contributed by atoms with Crippen LogP contribution in [0.3, 0.4) is 0 Å². The summed E-state index contributed by atoms with van der Waals surface area (Å²) < 4.78 is 5.65. The lowest BCUT2D eigenvalue weighted by molar-refractivity contribution is -0.130. The van der Waals surface area contributed by atoms with E-state index >= 15 is 0 Å². The highest BCUT2D eigenvalue weighted by Crippen LogP contribution is 2.23. The maximum atomic E-state index is 12.8. The molecule has 0 aromatic heterocycles. The Morgan fingerprint density at radius 2 is 1.37 bits per heavy atom. The van der Waals surface area contributed by atoms with Crippen molar-refractivity contribution in [3.8, 4) is 5.75 Å². The molecule has 0 saturated heterocycles. The first kappa shape index (κ1) is 40.4. The zero-order valence-corrected chi connectivity index (χ0v) is 30.7. The van der Waals surface area contributed by atoms with Crippen LogP contribution in [0.4, 0.5) is 0 Å². The molecule has 0 aliphatic rings. The monoisotopic (exact) mass is 631 g/mol. The Labute approximate surface area is 280 Å². The Bertz CT molecular complexity index is 1270. The normalized spacial score (nSPS) is 11.9. The molecule has 0 heterocycles. The number of amides is 2. The van der Waals surface area contributed by atoms with E-state index in [4.69, 9.17) is 4.74 Å². The van der Waals surface area contributed by atoms with Gasteiger partial charge in [0.05, 0.1) is 12.6 Å². The number of rotatable bonds is 11. The van der Waals surface area contributed by atoms with Crippen molar-refractivity contribution in [3.63, 3.8) is 0 Å². The van der Waals surface area contributed by atoms with E-state index in [1.54, 1.807) is 0 Å². The minimum absolute atomic E-state index is 0.00117. The van der Waals surface area contributed by atoms with Crippen LogP contribution in [0.2, 0.25) is 0 Å². The van der Waals surface area contributed by atoms with Crippen molar-refractivity contribution in [2.75, 3.05) is 13.6 Å². The average Bonchev–Trinajstić information content (AvgIpc) is 2.99. The molecule has 3 aromatic rings. The van der Waals surface area contributed by atoms with Crippen LogP contribution in [0.5, 0.6) is 5.75 Å². The van der Waals surface area contributed by atoms with Crippen molar-refractivity contribution in [2.45, 2.75) is 113 Å². The van der Waals surface area contributed by atoms with Gasteiger partial charge in [-0.05, 0) is 81.3 Å². The molecular weight excluding hydrogens is 570 g/mol. The molecule has 0 aliphatic heterocycles. The van der Waals surface area contributed by atoms with Crippen LogP contribution in [-0.2, 0) is 28.2 Å². The molecular formula is C40H61N3O3. The first-order chi connectivity index (χ1) is 21.5. The summed E-state index contributed by atoms with van der Waals surface area (Å²) in [6, 6.07) is 26.6. The summed E-state index contributed by atoms with van der Waals surface area (Å²) in [5.41, 5.74) is 4.73. The lowest BCUT2D eigenvalue weighted by Crippen LogP contribution is -2.50. The van der Waals surface area contributed by atoms with Gasteiger partial charge in [0.15, 0.2) is 0 Å². The second-order valence-electron chi connectivity index (χ2n) is 14.1. The van der Waals surface area contributed by atoms with Gasteiger partial charge in [-0.3, -0.25) is 14.5 Å². The smallest absolute Gasteiger partial charge is 0.239 e. The Balaban J connectivity index is 0.000000516. The number of hydrogen-bond acceptors (Lipinski definition) is 4. The van der Waals surface area contributed by atoms with Crippen LogP contribution in [-0.4, -0.2) is 41.9 Å². The van der Waals surface area contributed by atoms with Crippen molar-refractivity contribution in [1.29, 1.82) is 0 Å². The summed E-state index contributed by atoms with van der Waals surface area (Å²) in [4.78, 5) is 26.9. The van der Waals surface area contributed by atoms with E-state index < -0.39 is 0 Å². The fourth-order valence-corrected chi connectivity index (χ4v) is 4.57. The van der Waals surface area contributed by atoms with Gasteiger partial charge >= 0.3 is 0 Å². The van der Waals surface area contributed by atoms with Crippen molar-refractivity contribution in [1.82, 2.24) is 15.5 Å². The van der Waals surface area contributed by atoms with Crippen molar-refractivity contribution >= 4 is 11.8 Å². The fourth-order valence-electron chi connectivity index (χ4n) is 4.57. The molecule has 0 radical (unpaired) electrons. The van der Waals surface area contributed by atoms with Crippen LogP contribution in [0.1, 0.15) is 97.9 Å². The van der Waals surface area contributed by atoms with E-state index in [9.17, 15) is 9.59 Å². The maximum absolute atomic E-state index is 12.8. The van der Waals surface area contributed by atoms with Gasteiger partial charge in [-0.25, -0.2) is 0 Å². The SMILES string of the molecule is CC.CC(C)C[C@@H](C(=O)NCC(=O)NC(C)(C)C)N(C)Cc1ccc(C(C)(C)C)cc1.Cc1ccc(OCc2ccccc2)cc1. The molecule has 0 spiro atoms. The minimum Gasteiger partial charge on any atom is -0.489 e. The molecule has 0 bridgehead atoms. The third kappa shape index (κ3) is 16.6. The molecule has 6 heteroatoms. The van der Waals surface area contributed by atoms with Crippen LogP contribution in [0.25, 0.3) is 0 Å². The number of ether oxygens (including phenoxy) is 1. The molecule has 46 heavy (non-hydrogen) atoms. The first-order valence-corrected chi connectivity index (χ1v) is 16.7. The van der Waals surface area contributed by atoms with E-state index in [2.05, 4.69) is 106 Å². The Hall–Kier alpha value is -3.64. The van der Waals surface area contributed by atoms with Crippen molar-refractivity contribution in [2.24, 2.45) is 5.92 Å². The number of nitrogens with zero attached hydrogens (tertiary/aromatic N) is 1. The third-order valence-electron chi connectivity index (χ3n) is 6.99. The predicted octanol–water partition coefficient (Wildman–Crippen LogP) is 8.46. The van der Waals surface area contributed by atoms with E-state index in [1.807, 2.05) is 72.0 Å². The summed E-state index contributed by atoms with van der Waals surface area (Å²) in [6.45, 7) is 24.0. The van der Waals surface area contributed by atoms with Gasteiger partial charge in [-0.2, -0.15) is 0 Å². The average molecular weight is 632 g/mol. The molecule has 1 atom stereocenters. The minimum atomic E-state index is -0.310. The van der Waals surface area contributed by atoms with Gasteiger partial charge < -0.3 is 15.4 Å². The quantitative estimate of drug-likeness (QED) is 0.223. The molecule has 0 saturated carbocycles. The predicted molar refractivity (Wildman–Crippen MR) is 194 cm³/mol. The van der Waals surface area contributed by atoms with E-state index in [1.165, 1.54) is 22.3 Å². The largest absolute Gasteiger partial charge is 0.489 e. The van der Waals surface area contributed by atoms with Gasteiger partial charge in [0.1, 0.15) is 12.4 Å². The summed E-state index contributed by atoms with van der Waals surface area (Å²) in [5, 5.41) is 5.69. The highest BCUT2D eigenvalue weighted by molar-refractivity contribution is 5.87. The number of carbonyl (C=O) groups excluding carboxylic acids is 2. The third-order valence-corrected chi connectivity index (χ3v) is 6.99. The molecule has 0 unspecified atom stereocenters. The van der Waals surface area contributed by atoms with Gasteiger partial charge in [-0.1, -0.05) is 121 Å². The summed E-state index contributed by atoms with van der Waals surface area (Å²) in [5.74, 6) is 1.02. The highest BCUT2D eigenvalue weighted by Gasteiger charge is 2.25. The zero-order valence-electron chi connectivity index (χ0n) is 30.7. The first-order valence-electron chi connectivity index (χ1n) is 16.7. The molecule has 3 rings (SSSR count). The highest BCUT2D eigenvalue weighted by atomic mass is 16.5. The van der Waals surface area contributed by atoms with Crippen LogP contribution >= 0.6 is 0 Å². The second-order valence-corrected chi connectivity index (χ2v) is 14.1. The number of nitrogens with one attached hydrogen (secondary N) is 2. The number of likely N-dealkylation sites (N-methyl/N-ethyl adjacent to an activating group) is 1. The molecule has 2 amide bonds. The molecule has 0 fully saturated rings. The van der Waals surface area contributed by atoms with Crippen LogP contribution in [0, 0.1) is 12.8 Å². The number of benzene rings is 3. The molecule has 3 aromatic carbocycles. The van der Waals surface area contributed by atoms with Gasteiger partial charge in [0.2, 0.25) is 11.8 Å². The van der Waals surface area contributed by atoms with Crippen LogP contribution in [0.15, 0.2) is 78.9 Å². The lowest BCUT2D eigenvalue weighted by Gasteiger charge is -2.29.